The predicted molar refractivity (Wildman–Crippen MR) is 117 cm³/mol. The second kappa shape index (κ2) is 6.01. The predicted octanol–water partition coefficient (Wildman–Crippen LogP) is 3.54. The van der Waals surface area contributed by atoms with Crippen molar-refractivity contribution in [2.45, 2.75) is 18.7 Å². The molecular weight excluding hydrogens is 404 g/mol. The Labute approximate surface area is 169 Å². The second-order valence-corrected chi connectivity index (χ2v) is 8.91. The van der Waals surface area contributed by atoms with Crippen LogP contribution in [0.4, 0.5) is 0 Å². The van der Waals surface area contributed by atoms with Crippen LogP contribution in [0.15, 0.2) is 56.9 Å². The molecule has 3 aromatic carbocycles. The van der Waals surface area contributed by atoms with E-state index in [2.05, 4.69) is 9.97 Å². The van der Waals surface area contributed by atoms with Gasteiger partial charge in [-0.1, -0.05) is 11.6 Å². The summed E-state index contributed by atoms with van der Waals surface area (Å²) in [5.74, 6) is 0. The highest BCUT2D eigenvalue weighted by Crippen LogP contribution is 2.26. The first kappa shape index (κ1) is 18.5. The molecule has 0 radical (unpaired) electrons. The minimum atomic E-state index is -4.44. The minimum absolute atomic E-state index is 0.121. The van der Waals surface area contributed by atoms with Gasteiger partial charge in [-0.15, -0.1) is 0 Å². The van der Waals surface area contributed by atoms with Crippen LogP contribution in [-0.4, -0.2) is 22.9 Å². The zero-order valence-corrected chi connectivity index (χ0v) is 16.8. The van der Waals surface area contributed by atoms with Crippen LogP contribution in [0, 0.1) is 13.8 Å². The lowest BCUT2D eigenvalue weighted by Gasteiger charge is -2.11. The number of rotatable bonds is 1. The summed E-state index contributed by atoms with van der Waals surface area (Å²) in [5, 5.41) is 1.52. The Bertz CT molecular complexity index is 1780. The van der Waals surface area contributed by atoms with Crippen molar-refractivity contribution in [3.05, 3.63) is 74.0 Å². The number of pyridine rings is 2. The van der Waals surface area contributed by atoms with Gasteiger partial charge in [-0.05, 0) is 55.8 Å². The highest BCUT2D eigenvalue weighted by Gasteiger charge is 2.17. The fourth-order valence-electron chi connectivity index (χ4n) is 4.04. The van der Waals surface area contributed by atoms with Crippen LogP contribution in [0.2, 0.25) is 0 Å². The van der Waals surface area contributed by atoms with Gasteiger partial charge in [0.15, 0.2) is 10.9 Å². The Balaban J connectivity index is 1.99. The van der Waals surface area contributed by atoms with E-state index in [1.54, 1.807) is 13.0 Å². The lowest BCUT2D eigenvalue weighted by Crippen LogP contribution is -2.11. The van der Waals surface area contributed by atoms with Crippen LogP contribution < -0.4 is 10.9 Å². The molecule has 0 fully saturated rings. The van der Waals surface area contributed by atoms with Gasteiger partial charge >= 0.3 is 0 Å². The van der Waals surface area contributed by atoms with E-state index in [0.717, 1.165) is 11.6 Å². The summed E-state index contributed by atoms with van der Waals surface area (Å²) in [6, 6.07) is 11.0. The molecule has 0 amide bonds. The van der Waals surface area contributed by atoms with E-state index >= 15 is 0 Å². The molecule has 30 heavy (non-hydrogen) atoms. The Morgan fingerprint density at radius 1 is 0.767 bits per heavy atom. The third-order valence-corrected chi connectivity index (χ3v) is 6.38. The summed E-state index contributed by atoms with van der Waals surface area (Å²) >= 11 is 0. The molecule has 2 aromatic heterocycles. The highest BCUT2D eigenvalue weighted by atomic mass is 32.2. The quantitative estimate of drug-likeness (QED) is 0.283. The smallest absolute Gasteiger partial charge is 0.294 e. The third-order valence-electron chi connectivity index (χ3n) is 5.53. The molecule has 0 saturated carbocycles. The van der Waals surface area contributed by atoms with Gasteiger partial charge in [-0.3, -0.25) is 14.1 Å². The molecular formula is C22H16N2O5S. The molecule has 0 aliphatic heterocycles. The Hall–Kier alpha value is -3.49. The van der Waals surface area contributed by atoms with Crippen molar-refractivity contribution >= 4 is 53.7 Å². The van der Waals surface area contributed by atoms with E-state index in [1.165, 1.54) is 12.1 Å². The molecule has 8 heteroatoms. The van der Waals surface area contributed by atoms with Crippen LogP contribution in [-0.2, 0) is 10.1 Å². The number of hydrogen-bond donors (Lipinski definition) is 3. The first-order valence-electron chi connectivity index (χ1n) is 9.18. The highest BCUT2D eigenvalue weighted by molar-refractivity contribution is 7.85. The number of aromatic amines is 2. The summed E-state index contributed by atoms with van der Waals surface area (Å²) < 4.78 is 32.2. The van der Waals surface area contributed by atoms with E-state index in [1.807, 2.05) is 25.1 Å². The maximum atomic E-state index is 13.2. The molecule has 5 aromatic rings. The molecule has 0 unspecified atom stereocenters. The molecule has 0 saturated heterocycles. The topological polar surface area (TPSA) is 120 Å². The number of fused-ring (bicyclic) bond motifs is 4. The summed E-state index contributed by atoms with van der Waals surface area (Å²) in [6.07, 6.45) is 0. The largest absolute Gasteiger partial charge is 0.354 e. The van der Waals surface area contributed by atoms with Crippen molar-refractivity contribution in [2.24, 2.45) is 0 Å². The molecule has 0 spiro atoms. The number of benzene rings is 3. The van der Waals surface area contributed by atoms with Gasteiger partial charge in [-0.25, -0.2) is 0 Å². The molecule has 0 aliphatic carbocycles. The van der Waals surface area contributed by atoms with Gasteiger partial charge in [0.1, 0.15) is 0 Å². The number of aromatic nitrogens is 2. The van der Waals surface area contributed by atoms with Crippen molar-refractivity contribution in [1.29, 1.82) is 0 Å². The lowest BCUT2D eigenvalue weighted by molar-refractivity contribution is 0.483. The number of H-pyrrole nitrogens is 2. The first-order valence-corrected chi connectivity index (χ1v) is 10.6. The van der Waals surface area contributed by atoms with Crippen molar-refractivity contribution in [2.75, 3.05) is 0 Å². The zero-order chi connectivity index (χ0) is 21.4. The lowest BCUT2D eigenvalue weighted by atomic mass is 10.00. The SMILES string of the molecule is Cc1ccc2[nH]c3cc4c(=O)c5cc(S(=O)(=O)O)ccc5[nH]c4c(C)c3c(=O)c2c1. The van der Waals surface area contributed by atoms with Crippen molar-refractivity contribution < 1.29 is 13.0 Å². The van der Waals surface area contributed by atoms with Crippen LogP contribution in [0.1, 0.15) is 11.1 Å². The summed E-state index contributed by atoms with van der Waals surface area (Å²) in [4.78, 5) is 32.4. The number of aryl methyl sites for hydroxylation is 2. The summed E-state index contributed by atoms with van der Waals surface area (Å²) in [5.41, 5.74) is 3.21. The average Bonchev–Trinajstić information content (AvgIpc) is 2.69. The zero-order valence-electron chi connectivity index (χ0n) is 16.0. The first-order chi connectivity index (χ1) is 14.1. The van der Waals surface area contributed by atoms with Crippen molar-refractivity contribution in [3.63, 3.8) is 0 Å². The van der Waals surface area contributed by atoms with Crippen LogP contribution >= 0.6 is 0 Å². The van der Waals surface area contributed by atoms with E-state index in [0.29, 0.717) is 43.8 Å². The van der Waals surface area contributed by atoms with Gasteiger partial charge in [0.25, 0.3) is 10.1 Å². The van der Waals surface area contributed by atoms with Gasteiger partial charge < -0.3 is 9.97 Å². The molecule has 0 aliphatic rings. The van der Waals surface area contributed by atoms with Crippen molar-refractivity contribution in [1.82, 2.24) is 9.97 Å². The fourth-order valence-corrected chi connectivity index (χ4v) is 4.55. The maximum Gasteiger partial charge on any atom is 0.294 e. The summed E-state index contributed by atoms with van der Waals surface area (Å²) in [7, 11) is -4.44. The van der Waals surface area contributed by atoms with Gasteiger partial charge in [0.05, 0.1) is 21.3 Å². The van der Waals surface area contributed by atoms with Crippen molar-refractivity contribution in [3.8, 4) is 0 Å². The van der Waals surface area contributed by atoms with E-state index < -0.39 is 10.1 Å². The average molecular weight is 420 g/mol. The third kappa shape index (κ3) is 2.58. The fraction of sp³-hybridized carbons (Fsp3) is 0.0909. The van der Waals surface area contributed by atoms with Gasteiger partial charge in [-0.2, -0.15) is 8.42 Å². The van der Waals surface area contributed by atoms with Crippen LogP contribution in [0.3, 0.4) is 0 Å². The van der Waals surface area contributed by atoms with Crippen LogP contribution in [0.5, 0.6) is 0 Å². The molecule has 150 valence electrons. The maximum absolute atomic E-state index is 13.2. The summed E-state index contributed by atoms with van der Waals surface area (Å²) in [6.45, 7) is 3.69. The minimum Gasteiger partial charge on any atom is -0.354 e. The van der Waals surface area contributed by atoms with Gasteiger partial charge in [0, 0.05) is 27.2 Å². The van der Waals surface area contributed by atoms with E-state index in [-0.39, 0.29) is 21.1 Å². The Morgan fingerprint density at radius 3 is 2.17 bits per heavy atom. The standard InChI is InChI=1S/C22H16N2O5S/c1-10-3-5-16-13(7-10)22(26)19-11(2)20-15(9-18(19)23-16)21(25)14-8-12(30(27,28)29)4-6-17(14)24-20/h3-9H,1-2H3,(H,23,26)(H,24,25)(H,27,28,29). The van der Waals surface area contributed by atoms with E-state index in [9.17, 15) is 22.6 Å². The molecule has 3 N–H and O–H groups in total. The Morgan fingerprint density at radius 2 is 1.43 bits per heavy atom. The molecule has 7 nitrogen and oxygen atoms in total. The molecule has 0 atom stereocenters. The van der Waals surface area contributed by atoms with E-state index in [4.69, 9.17) is 0 Å². The van der Waals surface area contributed by atoms with Crippen LogP contribution in [0.25, 0.3) is 43.6 Å². The number of hydrogen-bond acceptors (Lipinski definition) is 4. The molecule has 0 bridgehead atoms. The number of nitrogens with one attached hydrogen (secondary N) is 2. The Kier molecular flexibility index (Phi) is 3.71. The monoisotopic (exact) mass is 420 g/mol. The molecule has 5 rings (SSSR count). The second-order valence-electron chi connectivity index (χ2n) is 7.49. The molecule has 2 heterocycles. The van der Waals surface area contributed by atoms with Gasteiger partial charge in [0.2, 0.25) is 0 Å². The normalized spacial score (nSPS) is 12.4.